The Hall–Kier alpha value is -2.93. The normalized spacial score (nSPS) is 12.6. The van der Waals surface area contributed by atoms with Crippen LogP contribution in [0.3, 0.4) is 0 Å². The van der Waals surface area contributed by atoms with Gasteiger partial charge in [-0.05, 0) is 36.4 Å². The van der Waals surface area contributed by atoms with Gasteiger partial charge < -0.3 is 14.8 Å². The van der Waals surface area contributed by atoms with E-state index in [1.165, 1.54) is 23.5 Å². The number of carbonyl (C=O) groups is 1. The van der Waals surface area contributed by atoms with E-state index in [0.717, 1.165) is 16.3 Å². The van der Waals surface area contributed by atoms with Crippen LogP contribution in [-0.2, 0) is 11.2 Å². The fourth-order valence-corrected chi connectivity index (χ4v) is 3.55. The minimum absolute atomic E-state index is 0.0924. The summed E-state index contributed by atoms with van der Waals surface area (Å²) in [5.41, 5.74) is 2.33. The van der Waals surface area contributed by atoms with Crippen LogP contribution in [0.4, 0.5) is 10.1 Å². The third-order valence-electron chi connectivity index (χ3n) is 4.08. The first-order valence-electron chi connectivity index (χ1n) is 8.57. The van der Waals surface area contributed by atoms with Gasteiger partial charge in [0, 0.05) is 35.5 Å². The molecule has 27 heavy (non-hydrogen) atoms. The number of halogens is 1. The third kappa shape index (κ3) is 4.25. The average Bonchev–Trinajstić information content (AvgIpc) is 3.16. The lowest BCUT2D eigenvalue weighted by Crippen LogP contribution is -2.16. The van der Waals surface area contributed by atoms with E-state index in [-0.39, 0.29) is 11.7 Å². The summed E-state index contributed by atoms with van der Waals surface area (Å²) >= 11 is 1.49. The number of hydrogen-bond acceptors (Lipinski definition) is 5. The van der Waals surface area contributed by atoms with Gasteiger partial charge in [0.05, 0.1) is 10.7 Å². The Morgan fingerprint density at radius 1 is 1.11 bits per heavy atom. The van der Waals surface area contributed by atoms with Gasteiger partial charge >= 0.3 is 0 Å². The summed E-state index contributed by atoms with van der Waals surface area (Å²) in [6.45, 7) is 1.04. The Balaban J connectivity index is 1.34. The van der Waals surface area contributed by atoms with Crippen molar-refractivity contribution in [3.63, 3.8) is 0 Å². The Kier molecular flexibility index (Phi) is 5.02. The summed E-state index contributed by atoms with van der Waals surface area (Å²) in [6, 6.07) is 11.6. The molecular weight excluding hydrogens is 367 g/mol. The SMILES string of the molecule is O=C(CCc1nc(-c2ccc(F)cc2)cs1)Nc1ccc2c(c1)OCCO2. The van der Waals surface area contributed by atoms with Crippen molar-refractivity contribution < 1.29 is 18.7 Å². The van der Waals surface area contributed by atoms with Gasteiger partial charge in [0.2, 0.25) is 5.91 Å². The zero-order valence-corrected chi connectivity index (χ0v) is 15.2. The van der Waals surface area contributed by atoms with Crippen LogP contribution >= 0.6 is 11.3 Å². The van der Waals surface area contributed by atoms with Crippen LogP contribution in [0.25, 0.3) is 11.3 Å². The summed E-state index contributed by atoms with van der Waals surface area (Å²) in [5.74, 6) is 0.966. The lowest BCUT2D eigenvalue weighted by Gasteiger charge is -2.18. The van der Waals surface area contributed by atoms with E-state index in [1.54, 1.807) is 30.3 Å². The summed E-state index contributed by atoms with van der Waals surface area (Å²) in [4.78, 5) is 16.7. The fraction of sp³-hybridized carbons (Fsp3) is 0.200. The van der Waals surface area contributed by atoms with Crippen molar-refractivity contribution >= 4 is 22.9 Å². The van der Waals surface area contributed by atoms with Gasteiger partial charge in [-0.2, -0.15) is 0 Å². The molecule has 0 saturated heterocycles. The van der Waals surface area contributed by atoms with Gasteiger partial charge in [-0.1, -0.05) is 0 Å². The van der Waals surface area contributed by atoms with Gasteiger partial charge in [0.15, 0.2) is 11.5 Å². The quantitative estimate of drug-likeness (QED) is 0.713. The highest BCUT2D eigenvalue weighted by Crippen LogP contribution is 2.32. The summed E-state index contributed by atoms with van der Waals surface area (Å²) in [5, 5.41) is 5.65. The van der Waals surface area contributed by atoms with Crippen LogP contribution in [-0.4, -0.2) is 24.1 Å². The molecule has 0 atom stereocenters. The maximum absolute atomic E-state index is 13.0. The molecule has 0 radical (unpaired) electrons. The topological polar surface area (TPSA) is 60.5 Å². The first-order chi connectivity index (χ1) is 13.2. The van der Waals surface area contributed by atoms with E-state index < -0.39 is 0 Å². The number of rotatable bonds is 5. The van der Waals surface area contributed by atoms with Crippen molar-refractivity contribution in [2.75, 3.05) is 18.5 Å². The largest absolute Gasteiger partial charge is 0.486 e. The number of amides is 1. The van der Waals surface area contributed by atoms with Gasteiger partial charge in [0.1, 0.15) is 19.0 Å². The zero-order chi connectivity index (χ0) is 18.6. The number of aryl methyl sites for hydroxylation is 1. The molecule has 4 rings (SSSR count). The number of fused-ring (bicyclic) bond motifs is 1. The average molecular weight is 384 g/mol. The van der Waals surface area contributed by atoms with E-state index in [2.05, 4.69) is 10.3 Å². The second-order valence-electron chi connectivity index (χ2n) is 6.04. The fourth-order valence-electron chi connectivity index (χ4n) is 2.74. The lowest BCUT2D eigenvalue weighted by molar-refractivity contribution is -0.116. The molecule has 7 heteroatoms. The number of thiazole rings is 1. The Labute approximate surface area is 159 Å². The molecule has 0 saturated carbocycles. The minimum atomic E-state index is -0.273. The molecule has 2 aromatic carbocycles. The third-order valence-corrected chi connectivity index (χ3v) is 4.99. The van der Waals surface area contributed by atoms with Crippen molar-refractivity contribution in [3.8, 4) is 22.8 Å². The molecule has 0 fully saturated rings. The molecule has 138 valence electrons. The van der Waals surface area contributed by atoms with Gasteiger partial charge in [-0.3, -0.25) is 4.79 Å². The Bertz CT molecular complexity index is 956. The lowest BCUT2D eigenvalue weighted by atomic mass is 10.2. The van der Waals surface area contributed by atoms with Crippen molar-refractivity contribution in [2.24, 2.45) is 0 Å². The highest BCUT2D eigenvalue weighted by Gasteiger charge is 2.13. The number of anilines is 1. The predicted octanol–water partition coefficient (Wildman–Crippen LogP) is 4.29. The van der Waals surface area contributed by atoms with E-state index in [9.17, 15) is 9.18 Å². The van der Waals surface area contributed by atoms with Gasteiger partial charge in [-0.25, -0.2) is 9.37 Å². The predicted molar refractivity (Wildman–Crippen MR) is 102 cm³/mol. The second kappa shape index (κ2) is 7.75. The van der Waals surface area contributed by atoms with Crippen LogP contribution in [0.2, 0.25) is 0 Å². The van der Waals surface area contributed by atoms with Crippen LogP contribution in [0.1, 0.15) is 11.4 Å². The molecule has 2 heterocycles. The molecule has 1 aromatic heterocycles. The number of carbonyl (C=O) groups excluding carboxylic acids is 1. The number of nitrogens with zero attached hydrogens (tertiary/aromatic N) is 1. The van der Waals surface area contributed by atoms with E-state index >= 15 is 0 Å². The molecular formula is C20H17FN2O3S. The first-order valence-corrected chi connectivity index (χ1v) is 9.45. The van der Waals surface area contributed by atoms with Crippen LogP contribution in [0.5, 0.6) is 11.5 Å². The number of benzene rings is 2. The summed E-state index contributed by atoms with van der Waals surface area (Å²) in [7, 11) is 0. The highest BCUT2D eigenvalue weighted by atomic mass is 32.1. The molecule has 1 N–H and O–H groups in total. The zero-order valence-electron chi connectivity index (χ0n) is 14.4. The maximum atomic E-state index is 13.0. The summed E-state index contributed by atoms with van der Waals surface area (Å²) in [6.07, 6.45) is 0.868. The van der Waals surface area contributed by atoms with Crippen LogP contribution in [0.15, 0.2) is 47.8 Å². The van der Waals surface area contributed by atoms with Crippen molar-refractivity contribution in [1.82, 2.24) is 4.98 Å². The molecule has 0 unspecified atom stereocenters. The molecule has 0 spiro atoms. The highest BCUT2D eigenvalue weighted by molar-refractivity contribution is 7.09. The minimum Gasteiger partial charge on any atom is -0.486 e. The molecule has 1 aliphatic rings. The number of nitrogens with one attached hydrogen (secondary N) is 1. The molecule has 0 aliphatic carbocycles. The number of ether oxygens (including phenoxy) is 2. The summed E-state index contributed by atoms with van der Waals surface area (Å²) < 4.78 is 24.0. The standard InChI is InChI=1S/C20H17FN2O3S/c21-14-3-1-13(2-4-14)16-12-27-20(23-16)8-7-19(24)22-15-5-6-17-18(11-15)26-10-9-25-17/h1-6,11-12H,7-10H2,(H,22,24). The Morgan fingerprint density at radius 3 is 2.70 bits per heavy atom. The van der Waals surface area contributed by atoms with E-state index in [0.29, 0.717) is 43.2 Å². The monoisotopic (exact) mass is 384 g/mol. The van der Waals surface area contributed by atoms with Crippen molar-refractivity contribution in [3.05, 3.63) is 58.7 Å². The molecule has 3 aromatic rings. The van der Waals surface area contributed by atoms with Gasteiger partial charge in [-0.15, -0.1) is 11.3 Å². The molecule has 5 nitrogen and oxygen atoms in total. The first kappa shape index (κ1) is 17.5. The molecule has 1 amide bonds. The van der Waals surface area contributed by atoms with Gasteiger partial charge in [0.25, 0.3) is 0 Å². The second-order valence-corrected chi connectivity index (χ2v) is 6.98. The van der Waals surface area contributed by atoms with Crippen molar-refractivity contribution in [2.45, 2.75) is 12.8 Å². The Morgan fingerprint density at radius 2 is 1.89 bits per heavy atom. The van der Waals surface area contributed by atoms with E-state index in [4.69, 9.17) is 9.47 Å². The number of hydrogen-bond donors (Lipinski definition) is 1. The van der Waals surface area contributed by atoms with Crippen molar-refractivity contribution in [1.29, 1.82) is 0 Å². The van der Waals surface area contributed by atoms with Crippen LogP contribution in [0, 0.1) is 5.82 Å². The molecule has 1 aliphatic heterocycles. The number of aromatic nitrogens is 1. The maximum Gasteiger partial charge on any atom is 0.224 e. The van der Waals surface area contributed by atoms with E-state index in [1.807, 2.05) is 5.38 Å². The van der Waals surface area contributed by atoms with Crippen LogP contribution < -0.4 is 14.8 Å². The smallest absolute Gasteiger partial charge is 0.224 e. The molecule has 0 bridgehead atoms.